The standard InChI is InChI=1S/C32H46N4O5/c1-6-22(2)27-31(39)36(5)28(32(3,4)40)30(38)35-25(21-23-13-8-7-9-14-23)29(37)34-18-12-16-24-15-10-11-17-26(24)41-20-19-33-27/h7-11,13-15,17,22,25,27-28,33,40H,6,12,16,18-21H2,1-5H3,(H,34,37)(H,35,38)/t22?,25-,27+,28-/m1/s1. The molecule has 2 aromatic carbocycles. The van der Waals surface area contributed by atoms with Crippen molar-refractivity contribution in [1.29, 1.82) is 0 Å². The Kier molecular flexibility index (Phi) is 11.7. The topological polar surface area (TPSA) is 120 Å². The Morgan fingerprint density at radius 1 is 1.02 bits per heavy atom. The normalized spacial score (nSPS) is 22.8. The van der Waals surface area contributed by atoms with Crippen LogP contribution in [-0.2, 0) is 27.2 Å². The number of para-hydroxylation sites is 1. The van der Waals surface area contributed by atoms with Gasteiger partial charge in [-0.25, -0.2) is 0 Å². The van der Waals surface area contributed by atoms with E-state index in [0.29, 0.717) is 32.5 Å². The molecule has 3 amide bonds. The molecular weight excluding hydrogens is 520 g/mol. The second-order valence-electron chi connectivity index (χ2n) is 11.4. The molecule has 0 aromatic heterocycles. The molecule has 9 nitrogen and oxygen atoms in total. The maximum Gasteiger partial charge on any atom is 0.246 e. The molecule has 3 rings (SSSR count). The average molecular weight is 567 g/mol. The lowest BCUT2D eigenvalue weighted by molar-refractivity contribution is -0.150. The molecule has 2 aromatic rings. The molecule has 41 heavy (non-hydrogen) atoms. The largest absolute Gasteiger partial charge is 0.492 e. The summed E-state index contributed by atoms with van der Waals surface area (Å²) in [7, 11) is 1.53. The molecular formula is C32H46N4O5. The zero-order valence-corrected chi connectivity index (χ0v) is 25.0. The lowest BCUT2D eigenvalue weighted by atomic mass is 9.92. The van der Waals surface area contributed by atoms with E-state index >= 15 is 0 Å². The molecule has 1 aliphatic rings. The van der Waals surface area contributed by atoms with Crippen LogP contribution in [-0.4, -0.2) is 78.2 Å². The number of nitrogens with zero attached hydrogens (tertiary/aromatic N) is 1. The Hall–Kier alpha value is -3.43. The number of hydrogen-bond acceptors (Lipinski definition) is 6. The molecule has 0 saturated heterocycles. The molecule has 1 heterocycles. The fourth-order valence-electron chi connectivity index (χ4n) is 5.23. The van der Waals surface area contributed by atoms with Crippen molar-refractivity contribution in [2.45, 2.75) is 77.1 Å². The highest BCUT2D eigenvalue weighted by Crippen LogP contribution is 2.21. The second-order valence-corrected chi connectivity index (χ2v) is 11.4. The number of carbonyl (C=O) groups is 3. The van der Waals surface area contributed by atoms with E-state index in [0.717, 1.165) is 23.3 Å². The van der Waals surface area contributed by atoms with Crippen LogP contribution >= 0.6 is 0 Å². The summed E-state index contributed by atoms with van der Waals surface area (Å²) in [6.07, 6.45) is 2.40. The third-order valence-electron chi connectivity index (χ3n) is 7.67. The molecule has 0 aliphatic carbocycles. The van der Waals surface area contributed by atoms with Crippen LogP contribution in [0, 0.1) is 5.92 Å². The molecule has 0 bridgehead atoms. The number of amides is 3. The van der Waals surface area contributed by atoms with Crippen molar-refractivity contribution in [2.75, 3.05) is 26.7 Å². The van der Waals surface area contributed by atoms with E-state index in [1.54, 1.807) is 0 Å². The average Bonchev–Trinajstić information content (AvgIpc) is 2.94. The van der Waals surface area contributed by atoms with Crippen LogP contribution in [0.4, 0.5) is 0 Å². The minimum atomic E-state index is -1.57. The smallest absolute Gasteiger partial charge is 0.246 e. The SMILES string of the molecule is CCC(C)[C@@H]1NCCOc2ccccc2CCCNC(=O)[C@@H](Cc2ccccc2)NC(=O)[C@H](C(C)(C)O)N(C)C1=O. The number of rotatable bonds is 5. The molecule has 224 valence electrons. The van der Waals surface area contributed by atoms with Crippen molar-refractivity contribution in [3.63, 3.8) is 0 Å². The lowest BCUT2D eigenvalue weighted by Gasteiger charge is -2.39. The first-order chi connectivity index (χ1) is 19.5. The van der Waals surface area contributed by atoms with Gasteiger partial charge in [0.2, 0.25) is 17.7 Å². The molecule has 1 unspecified atom stereocenters. The van der Waals surface area contributed by atoms with Gasteiger partial charge in [0.15, 0.2) is 0 Å². The minimum absolute atomic E-state index is 0.0371. The summed E-state index contributed by atoms with van der Waals surface area (Å²) in [6, 6.07) is 14.6. The molecule has 0 radical (unpaired) electrons. The number of carbonyl (C=O) groups excluding carboxylic acids is 3. The van der Waals surface area contributed by atoms with E-state index in [1.807, 2.05) is 68.4 Å². The van der Waals surface area contributed by atoms with Crippen LogP contribution in [0.5, 0.6) is 5.75 Å². The van der Waals surface area contributed by atoms with Crippen molar-refractivity contribution in [3.8, 4) is 5.75 Å². The zero-order chi connectivity index (χ0) is 30.0. The summed E-state index contributed by atoms with van der Waals surface area (Å²) in [4.78, 5) is 42.3. The summed E-state index contributed by atoms with van der Waals surface area (Å²) >= 11 is 0. The number of benzene rings is 2. The van der Waals surface area contributed by atoms with Crippen LogP contribution in [0.25, 0.3) is 0 Å². The Morgan fingerprint density at radius 3 is 2.39 bits per heavy atom. The fourth-order valence-corrected chi connectivity index (χ4v) is 5.23. The van der Waals surface area contributed by atoms with Gasteiger partial charge in [-0.1, -0.05) is 68.8 Å². The van der Waals surface area contributed by atoms with Gasteiger partial charge in [0.25, 0.3) is 0 Å². The number of aryl methyl sites for hydroxylation is 1. The van der Waals surface area contributed by atoms with Crippen molar-refractivity contribution < 1.29 is 24.2 Å². The molecule has 0 spiro atoms. The maximum atomic E-state index is 13.8. The first-order valence-electron chi connectivity index (χ1n) is 14.6. The predicted octanol–water partition coefficient (Wildman–Crippen LogP) is 2.46. The van der Waals surface area contributed by atoms with Gasteiger partial charge in [-0.15, -0.1) is 0 Å². The summed E-state index contributed by atoms with van der Waals surface area (Å²) in [5, 5.41) is 20.2. The second kappa shape index (κ2) is 15.0. The van der Waals surface area contributed by atoms with Gasteiger partial charge < -0.3 is 30.7 Å². The van der Waals surface area contributed by atoms with Crippen LogP contribution < -0.4 is 20.7 Å². The van der Waals surface area contributed by atoms with Crippen LogP contribution in [0.2, 0.25) is 0 Å². The number of nitrogens with one attached hydrogen (secondary N) is 3. The number of likely N-dealkylation sites (N-methyl/N-ethyl adjacent to an activating group) is 1. The molecule has 0 saturated carbocycles. The molecule has 0 fully saturated rings. The Labute approximate surface area is 244 Å². The van der Waals surface area contributed by atoms with Gasteiger partial charge >= 0.3 is 0 Å². The quantitative estimate of drug-likeness (QED) is 0.442. The minimum Gasteiger partial charge on any atom is -0.492 e. The van der Waals surface area contributed by atoms with Gasteiger partial charge in [-0.05, 0) is 49.8 Å². The van der Waals surface area contributed by atoms with Crippen molar-refractivity contribution in [1.82, 2.24) is 20.9 Å². The van der Waals surface area contributed by atoms with Gasteiger partial charge in [-0.3, -0.25) is 14.4 Å². The van der Waals surface area contributed by atoms with Crippen LogP contribution in [0.1, 0.15) is 51.7 Å². The Morgan fingerprint density at radius 2 is 1.71 bits per heavy atom. The summed E-state index contributed by atoms with van der Waals surface area (Å²) in [6.45, 7) is 8.17. The van der Waals surface area contributed by atoms with E-state index in [2.05, 4.69) is 16.0 Å². The first kappa shape index (κ1) is 32.1. The number of hydrogen-bond donors (Lipinski definition) is 4. The third-order valence-corrected chi connectivity index (χ3v) is 7.67. The highest BCUT2D eigenvalue weighted by Gasteiger charge is 2.42. The van der Waals surface area contributed by atoms with Crippen molar-refractivity contribution in [2.24, 2.45) is 5.92 Å². The molecule has 1 aliphatic heterocycles. The predicted molar refractivity (Wildman–Crippen MR) is 159 cm³/mol. The van der Waals surface area contributed by atoms with Gasteiger partial charge in [0.1, 0.15) is 24.4 Å². The van der Waals surface area contributed by atoms with E-state index in [1.165, 1.54) is 25.8 Å². The monoisotopic (exact) mass is 566 g/mol. The van der Waals surface area contributed by atoms with Crippen molar-refractivity contribution >= 4 is 17.7 Å². The van der Waals surface area contributed by atoms with Gasteiger partial charge in [0, 0.05) is 26.6 Å². The zero-order valence-electron chi connectivity index (χ0n) is 25.0. The third kappa shape index (κ3) is 9.03. The van der Waals surface area contributed by atoms with E-state index in [9.17, 15) is 19.5 Å². The van der Waals surface area contributed by atoms with Crippen LogP contribution in [0.15, 0.2) is 54.6 Å². The van der Waals surface area contributed by atoms with Gasteiger partial charge in [-0.2, -0.15) is 0 Å². The van der Waals surface area contributed by atoms with Gasteiger partial charge in [0.05, 0.1) is 11.6 Å². The lowest BCUT2D eigenvalue weighted by Crippen LogP contribution is -2.64. The molecule has 4 N–H and O–H groups in total. The molecule has 9 heteroatoms. The summed E-state index contributed by atoms with van der Waals surface area (Å²) in [5.41, 5.74) is 0.349. The van der Waals surface area contributed by atoms with E-state index in [-0.39, 0.29) is 24.2 Å². The maximum absolute atomic E-state index is 13.8. The Bertz CT molecular complexity index is 1150. The summed E-state index contributed by atoms with van der Waals surface area (Å²) < 4.78 is 6.07. The van der Waals surface area contributed by atoms with Crippen LogP contribution in [0.3, 0.4) is 0 Å². The molecule has 4 atom stereocenters. The summed E-state index contributed by atoms with van der Waals surface area (Å²) in [5.74, 6) is -0.486. The van der Waals surface area contributed by atoms with Crippen molar-refractivity contribution in [3.05, 3.63) is 65.7 Å². The highest BCUT2D eigenvalue weighted by molar-refractivity contribution is 5.94. The van der Waals surface area contributed by atoms with E-state index in [4.69, 9.17) is 4.74 Å². The number of fused-ring (bicyclic) bond motifs is 1. The Balaban J connectivity index is 1.95. The number of aliphatic hydroxyl groups is 1. The fraction of sp³-hybridized carbons (Fsp3) is 0.531. The van der Waals surface area contributed by atoms with E-state index < -0.39 is 29.6 Å². The highest BCUT2D eigenvalue weighted by atomic mass is 16.5. The number of ether oxygens (including phenoxy) is 1. The first-order valence-corrected chi connectivity index (χ1v) is 14.6.